The molecule has 0 aliphatic rings. The van der Waals surface area contributed by atoms with E-state index in [1.807, 2.05) is 32.0 Å². The standard InChI is InChI=1S/C13H18N6/c1-13(2,8-14)19-12-7-11(16-9-17-12)18-10-3-5-15-6-4-10/h3-7,9H,8,14H2,1-2H3,(H2,15,16,17,18,19). The number of hydrogen-bond acceptors (Lipinski definition) is 6. The molecular formula is C13H18N6. The predicted molar refractivity (Wildman–Crippen MR) is 76.3 cm³/mol. The van der Waals surface area contributed by atoms with Gasteiger partial charge in [-0.1, -0.05) is 0 Å². The van der Waals surface area contributed by atoms with Crippen LogP contribution in [0.25, 0.3) is 0 Å². The summed E-state index contributed by atoms with van der Waals surface area (Å²) in [6, 6.07) is 5.59. The third-order valence-corrected chi connectivity index (χ3v) is 2.60. The molecule has 6 nitrogen and oxygen atoms in total. The number of hydrogen-bond donors (Lipinski definition) is 3. The zero-order valence-electron chi connectivity index (χ0n) is 11.1. The third-order valence-electron chi connectivity index (χ3n) is 2.60. The molecule has 100 valence electrons. The Morgan fingerprint density at radius 1 is 1.16 bits per heavy atom. The Balaban J connectivity index is 2.11. The van der Waals surface area contributed by atoms with Crippen molar-refractivity contribution >= 4 is 17.3 Å². The van der Waals surface area contributed by atoms with Crippen molar-refractivity contribution in [3.63, 3.8) is 0 Å². The van der Waals surface area contributed by atoms with Crippen molar-refractivity contribution in [2.75, 3.05) is 17.2 Å². The van der Waals surface area contributed by atoms with Crippen molar-refractivity contribution in [3.05, 3.63) is 36.9 Å². The van der Waals surface area contributed by atoms with Crippen LogP contribution < -0.4 is 16.4 Å². The fourth-order valence-corrected chi connectivity index (χ4v) is 1.47. The normalized spacial score (nSPS) is 11.1. The number of aromatic nitrogens is 3. The molecule has 0 saturated carbocycles. The molecule has 6 heteroatoms. The Morgan fingerprint density at radius 2 is 1.84 bits per heavy atom. The lowest BCUT2D eigenvalue weighted by molar-refractivity contribution is 0.577. The van der Waals surface area contributed by atoms with Crippen LogP contribution in [0.1, 0.15) is 13.8 Å². The maximum Gasteiger partial charge on any atom is 0.135 e. The Kier molecular flexibility index (Phi) is 3.91. The fraction of sp³-hybridized carbons (Fsp3) is 0.308. The van der Waals surface area contributed by atoms with Crippen LogP contribution in [0, 0.1) is 0 Å². The molecule has 19 heavy (non-hydrogen) atoms. The van der Waals surface area contributed by atoms with Crippen LogP contribution in [0.3, 0.4) is 0 Å². The van der Waals surface area contributed by atoms with Gasteiger partial charge in [0.2, 0.25) is 0 Å². The molecule has 0 aliphatic carbocycles. The van der Waals surface area contributed by atoms with E-state index >= 15 is 0 Å². The molecule has 0 fully saturated rings. The van der Waals surface area contributed by atoms with Gasteiger partial charge < -0.3 is 16.4 Å². The first-order valence-corrected chi connectivity index (χ1v) is 6.06. The zero-order chi connectivity index (χ0) is 13.7. The molecule has 2 aromatic rings. The molecule has 2 heterocycles. The van der Waals surface area contributed by atoms with Gasteiger partial charge in [0.1, 0.15) is 18.0 Å². The molecule has 0 radical (unpaired) electrons. The van der Waals surface area contributed by atoms with E-state index in [9.17, 15) is 0 Å². The van der Waals surface area contributed by atoms with E-state index in [1.54, 1.807) is 12.4 Å². The van der Waals surface area contributed by atoms with Crippen LogP contribution in [0.4, 0.5) is 17.3 Å². The Labute approximate surface area is 112 Å². The minimum absolute atomic E-state index is 0.206. The van der Waals surface area contributed by atoms with Crippen molar-refractivity contribution < 1.29 is 0 Å². The summed E-state index contributed by atoms with van der Waals surface area (Å²) in [5.74, 6) is 1.46. The molecule has 0 unspecified atom stereocenters. The van der Waals surface area contributed by atoms with E-state index < -0.39 is 0 Å². The summed E-state index contributed by atoms with van der Waals surface area (Å²) in [7, 11) is 0. The molecule has 0 amide bonds. The summed E-state index contributed by atoms with van der Waals surface area (Å²) in [4.78, 5) is 12.3. The lowest BCUT2D eigenvalue weighted by atomic mass is 10.1. The van der Waals surface area contributed by atoms with E-state index in [0.717, 1.165) is 17.3 Å². The highest BCUT2D eigenvalue weighted by molar-refractivity contribution is 5.58. The number of nitrogens with zero attached hydrogens (tertiary/aromatic N) is 3. The third kappa shape index (κ3) is 3.89. The first-order chi connectivity index (χ1) is 9.09. The summed E-state index contributed by atoms with van der Waals surface area (Å²) in [5, 5.41) is 6.45. The first kappa shape index (κ1) is 13.2. The zero-order valence-corrected chi connectivity index (χ0v) is 11.1. The summed E-state index contributed by atoms with van der Waals surface area (Å²) >= 11 is 0. The van der Waals surface area contributed by atoms with Gasteiger partial charge in [0.15, 0.2) is 0 Å². The highest BCUT2D eigenvalue weighted by Gasteiger charge is 2.15. The highest BCUT2D eigenvalue weighted by atomic mass is 15.1. The molecule has 0 aromatic carbocycles. The molecule has 0 spiro atoms. The SMILES string of the molecule is CC(C)(CN)Nc1cc(Nc2ccncc2)ncn1. The number of nitrogens with one attached hydrogen (secondary N) is 2. The number of pyridine rings is 1. The Morgan fingerprint density at radius 3 is 2.53 bits per heavy atom. The van der Waals surface area contributed by atoms with Gasteiger partial charge in [0, 0.05) is 36.2 Å². The van der Waals surface area contributed by atoms with E-state index in [2.05, 4.69) is 25.6 Å². The Bertz CT molecular complexity index is 526. The van der Waals surface area contributed by atoms with Crippen LogP contribution in [0.5, 0.6) is 0 Å². The smallest absolute Gasteiger partial charge is 0.135 e. The molecule has 0 bridgehead atoms. The monoisotopic (exact) mass is 258 g/mol. The van der Waals surface area contributed by atoms with Crippen LogP contribution in [-0.4, -0.2) is 27.0 Å². The lowest BCUT2D eigenvalue weighted by Gasteiger charge is -2.24. The molecular weight excluding hydrogens is 240 g/mol. The fourth-order valence-electron chi connectivity index (χ4n) is 1.47. The maximum absolute atomic E-state index is 5.69. The van der Waals surface area contributed by atoms with Gasteiger partial charge in [-0.3, -0.25) is 4.98 Å². The van der Waals surface area contributed by atoms with E-state index in [1.165, 1.54) is 6.33 Å². The van der Waals surface area contributed by atoms with Crippen molar-refractivity contribution in [2.45, 2.75) is 19.4 Å². The van der Waals surface area contributed by atoms with Gasteiger partial charge in [0.25, 0.3) is 0 Å². The summed E-state index contributed by atoms with van der Waals surface area (Å²) in [6.07, 6.45) is 4.96. The minimum Gasteiger partial charge on any atom is -0.364 e. The van der Waals surface area contributed by atoms with E-state index in [0.29, 0.717) is 6.54 Å². The minimum atomic E-state index is -0.206. The molecule has 4 N–H and O–H groups in total. The second kappa shape index (κ2) is 5.62. The summed E-state index contributed by atoms with van der Waals surface area (Å²) in [5.41, 5.74) is 6.41. The second-order valence-electron chi connectivity index (χ2n) is 4.86. The van der Waals surface area contributed by atoms with Gasteiger partial charge in [-0.2, -0.15) is 0 Å². The lowest BCUT2D eigenvalue weighted by Crippen LogP contribution is -2.39. The van der Waals surface area contributed by atoms with Crippen molar-refractivity contribution in [2.24, 2.45) is 5.73 Å². The van der Waals surface area contributed by atoms with Crippen molar-refractivity contribution in [1.29, 1.82) is 0 Å². The number of anilines is 3. The van der Waals surface area contributed by atoms with Gasteiger partial charge in [-0.15, -0.1) is 0 Å². The van der Waals surface area contributed by atoms with E-state index in [4.69, 9.17) is 5.73 Å². The van der Waals surface area contributed by atoms with Crippen LogP contribution in [-0.2, 0) is 0 Å². The van der Waals surface area contributed by atoms with Crippen molar-refractivity contribution in [1.82, 2.24) is 15.0 Å². The van der Waals surface area contributed by atoms with Gasteiger partial charge in [-0.25, -0.2) is 9.97 Å². The molecule has 0 aliphatic heterocycles. The Hall–Kier alpha value is -2.21. The first-order valence-electron chi connectivity index (χ1n) is 6.06. The van der Waals surface area contributed by atoms with Gasteiger partial charge in [0.05, 0.1) is 0 Å². The molecule has 0 saturated heterocycles. The quantitative estimate of drug-likeness (QED) is 0.757. The van der Waals surface area contributed by atoms with Gasteiger partial charge in [-0.05, 0) is 26.0 Å². The van der Waals surface area contributed by atoms with E-state index in [-0.39, 0.29) is 5.54 Å². The van der Waals surface area contributed by atoms with Crippen LogP contribution in [0.15, 0.2) is 36.9 Å². The highest BCUT2D eigenvalue weighted by Crippen LogP contribution is 2.17. The van der Waals surface area contributed by atoms with Crippen LogP contribution >= 0.6 is 0 Å². The summed E-state index contributed by atoms with van der Waals surface area (Å²) < 4.78 is 0. The molecule has 2 aromatic heterocycles. The maximum atomic E-state index is 5.69. The van der Waals surface area contributed by atoms with Crippen molar-refractivity contribution in [3.8, 4) is 0 Å². The molecule has 0 atom stereocenters. The largest absolute Gasteiger partial charge is 0.364 e. The van der Waals surface area contributed by atoms with Gasteiger partial charge >= 0.3 is 0 Å². The number of rotatable bonds is 5. The average molecular weight is 258 g/mol. The summed E-state index contributed by atoms with van der Waals surface area (Å²) in [6.45, 7) is 4.56. The van der Waals surface area contributed by atoms with Crippen LogP contribution in [0.2, 0.25) is 0 Å². The second-order valence-corrected chi connectivity index (χ2v) is 4.86. The predicted octanol–water partition coefficient (Wildman–Crippen LogP) is 1.76. The molecule has 2 rings (SSSR count). The average Bonchev–Trinajstić information content (AvgIpc) is 2.40. The topological polar surface area (TPSA) is 88.8 Å². The number of nitrogens with two attached hydrogens (primary N) is 1.